The summed E-state index contributed by atoms with van der Waals surface area (Å²) in [5.41, 5.74) is 2.66. The molecule has 1 N–H and O–H groups in total. The number of ether oxygens (including phenoxy) is 2. The van der Waals surface area contributed by atoms with Gasteiger partial charge in [-0.2, -0.15) is 0 Å². The Morgan fingerprint density at radius 2 is 1.41 bits per heavy atom. The number of rotatable bonds is 13. The molecule has 0 saturated carbocycles. The van der Waals surface area contributed by atoms with E-state index in [9.17, 15) is 4.79 Å². The monoisotopic (exact) mass is 462 g/mol. The summed E-state index contributed by atoms with van der Waals surface area (Å²) in [7, 11) is 4.21. The fraction of sp³-hybridized carbons (Fsp3) is 0.321. The Hall–Kier alpha value is -3.35. The Balaban J connectivity index is 1.37. The number of hydrogen-bond acceptors (Lipinski definition) is 5. The lowest BCUT2D eigenvalue weighted by Gasteiger charge is -2.27. The summed E-state index contributed by atoms with van der Waals surface area (Å²) in [5, 5.41) is 9.06. The van der Waals surface area contributed by atoms with Crippen LogP contribution in [0.2, 0.25) is 0 Å². The summed E-state index contributed by atoms with van der Waals surface area (Å²) in [6.45, 7) is 5.82. The molecule has 0 aliphatic carbocycles. The third-order valence-corrected chi connectivity index (χ3v) is 5.88. The van der Waals surface area contributed by atoms with Gasteiger partial charge in [0.1, 0.15) is 24.7 Å². The maximum absolute atomic E-state index is 11.0. The van der Waals surface area contributed by atoms with E-state index in [2.05, 4.69) is 43.0 Å². The summed E-state index contributed by atoms with van der Waals surface area (Å²) in [4.78, 5) is 15.6. The second-order valence-electron chi connectivity index (χ2n) is 8.48. The first-order valence-corrected chi connectivity index (χ1v) is 11.5. The molecule has 1 unspecified atom stereocenters. The quantitative estimate of drug-likeness (QED) is 0.362. The first-order chi connectivity index (χ1) is 16.4. The van der Waals surface area contributed by atoms with Gasteiger partial charge in [0.25, 0.3) is 0 Å². The van der Waals surface area contributed by atoms with E-state index in [0.29, 0.717) is 18.8 Å². The van der Waals surface area contributed by atoms with Crippen molar-refractivity contribution < 1.29 is 19.4 Å². The number of hydrogen-bond donors (Lipinski definition) is 1. The zero-order chi connectivity index (χ0) is 24.3. The Morgan fingerprint density at radius 1 is 0.824 bits per heavy atom. The first-order valence-electron chi connectivity index (χ1n) is 11.5. The number of para-hydroxylation sites is 1. The second kappa shape index (κ2) is 12.8. The maximum atomic E-state index is 11.0. The molecule has 6 heteroatoms. The van der Waals surface area contributed by atoms with Gasteiger partial charge in [0.05, 0.1) is 5.56 Å². The molecule has 3 aromatic rings. The van der Waals surface area contributed by atoms with E-state index < -0.39 is 5.97 Å². The molecule has 0 radical (unpaired) electrons. The lowest BCUT2D eigenvalue weighted by Crippen LogP contribution is -2.32. The van der Waals surface area contributed by atoms with Crippen molar-refractivity contribution in [2.45, 2.75) is 19.5 Å². The van der Waals surface area contributed by atoms with Crippen LogP contribution in [0.1, 0.15) is 34.5 Å². The van der Waals surface area contributed by atoms with Gasteiger partial charge < -0.3 is 19.5 Å². The van der Waals surface area contributed by atoms with Gasteiger partial charge in [0.15, 0.2) is 0 Å². The van der Waals surface area contributed by atoms with Crippen molar-refractivity contribution in [1.82, 2.24) is 9.80 Å². The summed E-state index contributed by atoms with van der Waals surface area (Å²) in [5.74, 6) is 0.789. The molecule has 0 aromatic heterocycles. The van der Waals surface area contributed by atoms with E-state index in [0.717, 1.165) is 36.7 Å². The normalized spacial score (nSPS) is 12.0. The largest absolute Gasteiger partial charge is 0.490 e. The van der Waals surface area contributed by atoms with Gasteiger partial charge in [0, 0.05) is 25.7 Å². The summed E-state index contributed by atoms with van der Waals surface area (Å²) in [6.07, 6.45) is 0. The SMILES string of the molecule is CC(c1ccc(C(=O)O)cc1)N(C)CCN(C)Cc1ccc(OCCOc2ccccc2)cc1. The number of carboxylic acids is 1. The average Bonchev–Trinajstić information content (AvgIpc) is 2.86. The first kappa shape index (κ1) is 25.3. The second-order valence-corrected chi connectivity index (χ2v) is 8.48. The van der Waals surface area contributed by atoms with Crippen LogP contribution < -0.4 is 9.47 Å². The van der Waals surface area contributed by atoms with Crippen molar-refractivity contribution in [3.63, 3.8) is 0 Å². The molecule has 0 saturated heterocycles. The van der Waals surface area contributed by atoms with Crippen molar-refractivity contribution in [1.29, 1.82) is 0 Å². The summed E-state index contributed by atoms with van der Waals surface area (Å²) >= 11 is 0. The molecule has 3 aromatic carbocycles. The Kier molecular flexibility index (Phi) is 9.50. The van der Waals surface area contributed by atoms with E-state index in [1.807, 2.05) is 54.6 Å². The highest BCUT2D eigenvalue weighted by molar-refractivity contribution is 5.87. The van der Waals surface area contributed by atoms with Crippen LogP contribution in [0.4, 0.5) is 0 Å². The predicted octanol–water partition coefficient (Wildman–Crippen LogP) is 4.97. The number of nitrogens with zero attached hydrogens (tertiary/aromatic N) is 2. The summed E-state index contributed by atoms with van der Waals surface area (Å²) in [6, 6.07) is 25.3. The number of aromatic carboxylic acids is 1. The van der Waals surface area contributed by atoms with Crippen molar-refractivity contribution in [2.24, 2.45) is 0 Å². The molecule has 0 heterocycles. The molecular weight excluding hydrogens is 428 g/mol. The lowest BCUT2D eigenvalue weighted by atomic mass is 10.1. The Bertz CT molecular complexity index is 1010. The van der Waals surface area contributed by atoms with Crippen LogP contribution in [-0.4, -0.2) is 61.3 Å². The number of carbonyl (C=O) groups is 1. The molecule has 180 valence electrons. The van der Waals surface area contributed by atoms with E-state index in [1.54, 1.807) is 12.1 Å². The van der Waals surface area contributed by atoms with Gasteiger partial charge in [-0.15, -0.1) is 0 Å². The predicted molar refractivity (Wildman–Crippen MR) is 135 cm³/mol. The number of carboxylic acid groups (broad SMARTS) is 1. The molecule has 0 amide bonds. The third kappa shape index (κ3) is 7.90. The Morgan fingerprint density at radius 3 is 2.00 bits per heavy atom. The van der Waals surface area contributed by atoms with Crippen LogP contribution in [-0.2, 0) is 6.54 Å². The molecule has 34 heavy (non-hydrogen) atoms. The molecule has 1 atom stereocenters. The standard InChI is InChI=1S/C28H34N2O4/c1-22(24-11-13-25(14-12-24)28(31)32)30(3)18-17-29(2)21-23-9-15-27(16-10-23)34-20-19-33-26-7-5-4-6-8-26/h4-16,22H,17-21H2,1-3H3,(H,31,32). The van der Waals surface area contributed by atoms with E-state index in [-0.39, 0.29) is 6.04 Å². The average molecular weight is 463 g/mol. The molecule has 0 aliphatic heterocycles. The number of benzene rings is 3. The van der Waals surface area contributed by atoms with Gasteiger partial charge in [0.2, 0.25) is 0 Å². The molecule has 0 aliphatic rings. The highest BCUT2D eigenvalue weighted by Gasteiger charge is 2.13. The van der Waals surface area contributed by atoms with Gasteiger partial charge in [-0.3, -0.25) is 4.90 Å². The van der Waals surface area contributed by atoms with Crippen LogP contribution in [0, 0.1) is 0 Å². The molecular formula is C28H34N2O4. The van der Waals surface area contributed by atoms with Gasteiger partial charge >= 0.3 is 5.97 Å². The van der Waals surface area contributed by atoms with Crippen LogP contribution in [0.25, 0.3) is 0 Å². The van der Waals surface area contributed by atoms with E-state index >= 15 is 0 Å². The van der Waals surface area contributed by atoms with Crippen molar-refractivity contribution in [3.8, 4) is 11.5 Å². The highest BCUT2D eigenvalue weighted by Crippen LogP contribution is 2.19. The minimum Gasteiger partial charge on any atom is -0.490 e. The van der Waals surface area contributed by atoms with E-state index in [4.69, 9.17) is 14.6 Å². The molecule has 6 nitrogen and oxygen atoms in total. The van der Waals surface area contributed by atoms with Gasteiger partial charge in [-0.25, -0.2) is 4.79 Å². The van der Waals surface area contributed by atoms with Crippen LogP contribution in [0.3, 0.4) is 0 Å². The fourth-order valence-corrected chi connectivity index (χ4v) is 3.60. The minimum atomic E-state index is -0.897. The van der Waals surface area contributed by atoms with Crippen molar-refractivity contribution >= 4 is 5.97 Å². The van der Waals surface area contributed by atoms with Crippen molar-refractivity contribution in [2.75, 3.05) is 40.4 Å². The highest BCUT2D eigenvalue weighted by atomic mass is 16.5. The van der Waals surface area contributed by atoms with Gasteiger partial charge in [-0.1, -0.05) is 42.5 Å². The number of likely N-dealkylation sites (N-methyl/N-ethyl adjacent to an activating group) is 2. The molecule has 3 rings (SSSR count). The zero-order valence-corrected chi connectivity index (χ0v) is 20.2. The van der Waals surface area contributed by atoms with Crippen LogP contribution in [0.15, 0.2) is 78.9 Å². The topological polar surface area (TPSA) is 62.2 Å². The van der Waals surface area contributed by atoms with Gasteiger partial charge in [-0.05, 0) is 68.5 Å². The van der Waals surface area contributed by atoms with Crippen LogP contribution >= 0.6 is 0 Å². The maximum Gasteiger partial charge on any atom is 0.335 e. The lowest BCUT2D eigenvalue weighted by molar-refractivity contribution is 0.0697. The van der Waals surface area contributed by atoms with E-state index in [1.165, 1.54) is 5.56 Å². The third-order valence-electron chi connectivity index (χ3n) is 5.88. The zero-order valence-electron chi connectivity index (χ0n) is 20.2. The molecule has 0 spiro atoms. The fourth-order valence-electron chi connectivity index (χ4n) is 3.60. The minimum absolute atomic E-state index is 0.207. The van der Waals surface area contributed by atoms with Crippen LogP contribution in [0.5, 0.6) is 11.5 Å². The summed E-state index contributed by atoms with van der Waals surface area (Å²) < 4.78 is 11.4. The molecule has 0 bridgehead atoms. The Labute approximate surface area is 202 Å². The molecule has 0 fully saturated rings. The van der Waals surface area contributed by atoms with Crippen molar-refractivity contribution in [3.05, 3.63) is 95.6 Å². The smallest absolute Gasteiger partial charge is 0.335 e.